The molecule has 0 bridgehead atoms. The second-order valence-electron chi connectivity index (χ2n) is 11.4. The fourth-order valence-electron chi connectivity index (χ4n) is 4.96. The van der Waals surface area contributed by atoms with Crippen LogP contribution >= 0.6 is 0 Å². The zero-order chi connectivity index (χ0) is 31.5. The number of Topliss-reactive ketones (excluding diaryl/α,β-unsaturated/α-hetero) is 1. The molecule has 10 atom stereocenters. The Bertz CT molecular complexity index is 949. The summed E-state index contributed by atoms with van der Waals surface area (Å²) in [5.74, 6) is -2.97. The van der Waals surface area contributed by atoms with Crippen LogP contribution in [0.2, 0.25) is 0 Å². The summed E-state index contributed by atoms with van der Waals surface area (Å²) in [7, 11) is 1.63. The lowest BCUT2D eigenvalue weighted by atomic mass is 9.87. The normalized spacial score (nSPS) is 31.3. The highest BCUT2D eigenvalue weighted by atomic mass is 16.6. The largest absolute Gasteiger partial charge is 0.457 e. The highest BCUT2D eigenvalue weighted by Crippen LogP contribution is 2.26. The lowest BCUT2D eigenvalue weighted by Gasteiger charge is -2.31. The molecule has 1 heterocycles. The van der Waals surface area contributed by atoms with Gasteiger partial charge < -0.3 is 34.6 Å². The van der Waals surface area contributed by atoms with Crippen LogP contribution in [-0.2, 0) is 28.6 Å². The van der Waals surface area contributed by atoms with E-state index in [1.807, 2.05) is 13.8 Å². The van der Waals surface area contributed by atoms with Gasteiger partial charge in [-0.15, -0.1) is 0 Å². The quantitative estimate of drug-likeness (QED) is 0.162. The molecule has 0 spiro atoms. The molecule has 0 aliphatic carbocycles. The summed E-state index contributed by atoms with van der Waals surface area (Å²) in [5.41, 5.74) is -1.47. The van der Waals surface area contributed by atoms with Gasteiger partial charge in [-0.25, -0.2) is 0 Å². The molecular weight excluding hydrogens is 532 g/mol. The molecule has 0 saturated heterocycles. The summed E-state index contributed by atoms with van der Waals surface area (Å²) in [6, 6.07) is 0. The molecule has 0 amide bonds. The maximum atomic E-state index is 12.6. The zero-order valence-electron chi connectivity index (χ0n) is 25.6. The molecule has 10 unspecified atom stereocenters. The van der Waals surface area contributed by atoms with Crippen LogP contribution < -0.4 is 0 Å². The van der Waals surface area contributed by atoms with E-state index in [0.717, 1.165) is 13.3 Å². The number of esters is 2. The predicted octanol–water partition coefficient (Wildman–Crippen LogP) is 2.81. The molecular formula is C31H50O10. The zero-order valence-corrected chi connectivity index (χ0v) is 25.6. The number of cyclic esters (lactones) is 1. The smallest absolute Gasteiger partial charge is 0.309 e. The Hall–Kier alpha value is -2.37. The highest BCUT2D eigenvalue weighted by molar-refractivity contribution is 5.89. The van der Waals surface area contributed by atoms with E-state index in [9.17, 15) is 34.8 Å². The average molecular weight is 583 g/mol. The first kappa shape index (κ1) is 36.7. The summed E-state index contributed by atoms with van der Waals surface area (Å²) in [6.07, 6.45) is 2.96. The van der Waals surface area contributed by atoms with Crippen molar-refractivity contribution in [3.05, 3.63) is 36.0 Å². The van der Waals surface area contributed by atoms with Gasteiger partial charge in [0.2, 0.25) is 0 Å². The molecule has 10 heteroatoms. The molecule has 0 aromatic rings. The van der Waals surface area contributed by atoms with Crippen LogP contribution in [0.1, 0.15) is 74.1 Å². The lowest BCUT2D eigenvalue weighted by Crippen LogP contribution is -2.49. The monoisotopic (exact) mass is 582 g/mol. The number of carbonyl (C=O) groups is 3. The number of aliphatic hydroxyl groups excluding tert-OH is 3. The van der Waals surface area contributed by atoms with E-state index in [4.69, 9.17) is 14.2 Å². The molecule has 0 aromatic heterocycles. The second kappa shape index (κ2) is 16.9. The SMILES string of the molecule is CCC(OC)C(C)CC(O)C(O)C(C)/C=C/C=C(\C)C1OC(=O)CC(O)CC(=O)C(C)(O)C(OC(C)=O)/C=C/C1C. The van der Waals surface area contributed by atoms with Gasteiger partial charge in [-0.2, -0.15) is 0 Å². The third-order valence-electron chi connectivity index (χ3n) is 7.67. The van der Waals surface area contributed by atoms with Crippen molar-refractivity contribution in [1.29, 1.82) is 0 Å². The molecule has 1 aliphatic heterocycles. The van der Waals surface area contributed by atoms with Gasteiger partial charge in [-0.05, 0) is 44.3 Å². The van der Waals surface area contributed by atoms with E-state index >= 15 is 0 Å². The third kappa shape index (κ3) is 11.4. The molecule has 0 aromatic carbocycles. The molecule has 0 fully saturated rings. The van der Waals surface area contributed by atoms with E-state index in [1.165, 1.54) is 13.0 Å². The first-order valence-electron chi connectivity index (χ1n) is 14.3. The fraction of sp³-hybridized carbons (Fsp3) is 0.710. The summed E-state index contributed by atoms with van der Waals surface area (Å²) in [4.78, 5) is 36.9. The van der Waals surface area contributed by atoms with Crippen LogP contribution in [0.15, 0.2) is 36.0 Å². The van der Waals surface area contributed by atoms with Crippen LogP contribution in [0, 0.1) is 17.8 Å². The summed E-state index contributed by atoms with van der Waals surface area (Å²) in [6.45, 7) is 11.6. The number of methoxy groups -OCH3 is 1. The van der Waals surface area contributed by atoms with Crippen molar-refractivity contribution >= 4 is 17.7 Å². The first-order chi connectivity index (χ1) is 19.0. The average Bonchev–Trinajstić information content (AvgIpc) is 2.88. The van der Waals surface area contributed by atoms with E-state index in [2.05, 4.69) is 0 Å². The third-order valence-corrected chi connectivity index (χ3v) is 7.67. The number of aliphatic hydroxyl groups is 4. The maximum absolute atomic E-state index is 12.6. The van der Waals surface area contributed by atoms with E-state index in [1.54, 1.807) is 52.2 Å². The molecule has 41 heavy (non-hydrogen) atoms. The van der Waals surface area contributed by atoms with Gasteiger partial charge in [0.05, 0.1) is 30.8 Å². The molecule has 1 rings (SSSR count). The lowest BCUT2D eigenvalue weighted by molar-refractivity contribution is -0.163. The van der Waals surface area contributed by atoms with Crippen molar-refractivity contribution in [2.24, 2.45) is 17.8 Å². The van der Waals surface area contributed by atoms with Crippen molar-refractivity contribution in [3.8, 4) is 0 Å². The van der Waals surface area contributed by atoms with Gasteiger partial charge in [-0.3, -0.25) is 14.4 Å². The van der Waals surface area contributed by atoms with Gasteiger partial charge >= 0.3 is 11.9 Å². The predicted molar refractivity (Wildman–Crippen MR) is 154 cm³/mol. The Morgan fingerprint density at radius 2 is 1.83 bits per heavy atom. The summed E-state index contributed by atoms with van der Waals surface area (Å²) >= 11 is 0. The maximum Gasteiger partial charge on any atom is 0.309 e. The number of hydrogen-bond donors (Lipinski definition) is 4. The van der Waals surface area contributed by atoms with Crippen LogP contribution in [-0.4, -0.2) is 87.5 Å². The van der Waals surface area contributed by atoms with Gasteiger partial charge in [0.15, 0.2) is 17.5 Å². The summed E-state index contributed by atoms with van der Waals surface area (Å²) < 4.78 is 16.3. The van der Waals surface area contributed by atoms with E-state index in [0.29, 0.717) is 12.0 Å². The Labute approximate surface area is 244 Å². The fourth-order valence-corrected chi connectivity index (χ4v) is 4.96. The van der Waals surface area contributed by atoms with Crippen molar-refractivity contribution in [2.45, 2.75) is 116 Å². The van der Waals surface area contributed by atoms with Crippen LogP contribution in [0.4, 0.5) is 0 Å². The molecule has 1 aliphatic rings. The Balaban J connectivity index is 3.15. The van der Waals surface area contributed by atoms with Gasteiger partial charge in [0, 0.05) is 32.3 Å². The van der Waals surface area contributed by atoms with Crippen molar-refractivity contribution in [2.75, 3.05) is 7.11 Å². The van der Waals surface area contributed by atoms with Crippen LogP contribution in [0.5, 0.6) is 0 Å². The van der Waals surface area contributed by atoms with E-state index in [-0.39, 0.29) is 17.9 Å². The van der Waals surface area contributed by atoms with E-state index < -0.39 is 72.6 Å². The Morgan fingerprint density at radius 3 is 2.39 bits per heavy atom. The highest BCUT2D eigenvalue weighted by Gasteiger charge is 2.41. The minimum atomic E-state index is -2.12. The van der Waals surface area contributed by atoms with Gasteiger partial charge in [-0.1, -0.05) is 52.0 Å². The number of allylic oxidation sites excluding steroid dienone is 2. The molecule has 0 radical (unpaired) electrons. The number of hydrogen-bond acceptors (Lipinski definition) is 10. The number of ketones is 1. The number of carbonyl (C=O) groups excluding carboxylic acids is 3. The molecule has 234 valence electrons. The molecule has 0 saturated carbocycles. The van der Waals surface area contributed by atoms with Crippen molar-refractivity contribution in [1.82, 2.24) is 0 Å². The molecule has 10 nitrogen and oxygen atoms in total. The molecule has 4 N–H and O–H groups in total. The Morgan fingerprint density at radius 1 is 1.20 bits per heavy atom. The standard InChI is InChI=1S/C31H50O10/c1-9-25(39-8)21(5)15-24(34)29(37)18(2)11-10-12-19(3)30-20(4)13-14-27(40-22(6)32)31(7,38)26(35)16-23(33)17-28(36)41-30/h10-14,18,20-21,23-25,27,29-30,33-34,37-38H,9,15-17H2,1-8H3/b11-10+,14-13+,19-12+. The Kier molecular flexibility index (Phi) is 15.1. The van der Waals surface area contributed by atoms with Crippen LogP contribution in [0.25, 0.3) is 0 Å². The minimum Gasteiger partial charge on any atom is -0.457 e. The van der Waals surface area contributed by atoms with Crippen LogP contribution in [0.3, 0.4) is 0 Å². The minimum absolute atomic E-state index is 0.00463. The van der Waals surface area contributed by atoms with Gasteiger partial charge in [0.25, 0.3) is 0 Å². The van der Waals surface area contributed by atoms with Gasteiger partial charge in [0.1, 0.15) is 6.10 Å². The van der Waals surface area contributed by atoms with Crippen molar-refractivity contribution < 1.29 is 49.0 Å². The number of ether oxygens (including phenoxy) is 3. The topological polar surface area (TPSA) is 160 Å². The first-order valence-corrected chi connectivity index (χ1v) is 14.3. The summed E-state index contributed by atoms with van der Waals surface area (Å²) in [5, 5.41) is 42.4. The van der Waals surface area contributed by atoms with Crippen molar-refractivity contribution in [3.63, 3.8) is 0 Å². The second-order valence-corrected chi connectivity index (χ2v) is 11.4. The number of rotatable bonds is 11.